The first-order chi connectivity index (χ1) is 11.2. The number of nitrogens with one attached hydrogen (secondary N) is 1. The van der Waals surface area contributed by atoms with Gasteiger partial charge in [0.05, 0.1) is 0 Å². The van der Waals surface area contributed by atoms with Gasteiger partial charge < -0.3 is 15.1 Å². The number of rotatable bonds is 2. The molecule has 0 atom stereocenters. The van der Waals surface area contributed by atoms with Gasteiger partial charge in [-0.1, -0.05) is 37.5 Å². The zero-order valence-electron chi connectivity index (χ0n) is 13.5. The summed E-state index contributed by atoms with van der Waals surface area (Å²) in [5, 5.41) is 4.38. The molecule has 124 valence electrons. The summed E-state index contributed by atoms with van der Waals surface area (Å²) in [6.07, 6.45) is 6.42. The van der Waals surface area contributed by atoms with Gasteiger partial charge in [0.2, 0.25) is 0 Å². The average Bonchev–Trinajstić information content (AvgIpc) is 2.63. The second-order valence-corrected chi connectivity index (χ2v) is 6.82. The van der Waals surface area contributed by atoms with Crippen LogP contribution < -0.4 is 5.32 Å². The SMILES string of the molecule is O=C(c1ccccc1)N1CCN(C(=S)NC2CCCCC2)CC1. The normalized spacial score (nSPS) is 19.5. The maximum atomic E-state index is 12.5. The molecule has 0 radical (unpaired) electrons. The topological polar surface area (TPSA) is 35.6 Å². The third kappa shape index (κ3) is 4.22. The van der Waals surface area contributed by atoms with Crippen molar-refractivity contribution < 1.29 is 4.79 Å². The van der Waals surface area contributed by atoms with Crippen molar-refractivity contribution in [3.05, 3.63) is 35.9 Å². The highest BCUT2D eigenvalue weighted by Crippen LogP contribution is 2.18. The highest BCUT2D eigenvalue weighted by Gasteiger charge is 2.24. The summed E-state index contributed by atoms with van der Waals surface area (Å²) in [6, 6.07) is 10.1. The number of hydrogen-bond acceptors (Lipinski definition) is 2. The van der Waals surface area contributed by atoms with Gasteiger partial charge in [0.15, 0.2) is 5.11 Å². The van der Waals surface area contributed by atoms with Crippen LogP contribution in [0.25, 0.3) is 0 Å². The molecule has 1 heterocycles. The van der Waals surface area contributed by atoms with Gasteiger partial charge in [-0.05, 0) is 37.2 Å². The summed E-state index contributed by atoms with van der Waals surface area (Å²) in [5.74, 6) is 0.122. The summed E-state index contributed by atoms with van der Waals surface area (Å²) >= 11 is 5.56. The zero-order valence-corrected chi connectivity index (χ0v) is 14.4. The fourth-order valence-electron chi connectivity index (χ4n) is 3.39. The maximum Gasteiger partial charge on any atom is 0.253 e. The molecular formula is C18H25N3OS. The summed E-state index contributed by atoms with van der Waals surface area (Å²) in [7, 11) is 0. The van der Waals surface area contributed by atoms with E-state index in [4.69, 9.17) is 12.2 Å². The van der Waals surface area contributed by atoms with Crippen molar-refractivity contribution in [2.75, 3.05) is 26.2 Å². The first kappa shape index (κ1) is 16.2. The molecule has 5 heteroatoms. The van der Waals surface area contributed by atoms with Crippen molar-refractivity contribution in [1.29, 1.82) is 0 Å². The largest absolute Gasteiger partial charge is 0.360 e. The third-order valence-electron chi connectivity index (χ3n) is 4.81. The quantitative estimate of drug-likeness (QED) is 0.845. The molecule has 0 spiro atoms. The molecular weight excluding hydrogens is 306 g/mol. The van der Waals surface area contributed by atoms with Crippen molar-refractivity contribution in [2.45, 2.75) is 38.1 Å². The predicted molar refractivity (Wildman–Crippen MR) is 96.5 cm³/mol. The van der Waals surface area contributed by atoms with Gasteiger partial charge in [-0.25, -0.2) is 0 Å². The molecule has 1 saturated heterocycles. The molecule has 2 fully saturated rings. The van der Waals surface area contributed by atoms with E-state index in [-0.39, 0.29) is 5.91 Å². The number of nitrogens with zero attached hydrogens (tertiary/aromatic N) is 2. The molecule has 0 bridgehead atoms. The fraction of sp³-hybridized carbons (Fsp3) is 0.556. The molecule has 1 aliphatic carbocycles. The lowest BCUT2D eigenvalue weighted by atomic mass is 9.96. The van der Waals surface area contributed by atoms with E-state index in [0.29, 0.717) is 6.04 Å². The summed E-state index contributed by atoms with van der Waals surface area (Å²) < 4.78 is 0. The third-order valence-corrected chi connectivity index (χ3v) is 5.18. The van der Waals surface area contributed by atoms with Crippen LogP contribution in [0.1, 0.15) is 42.5 Å². The number of benzene rings is 1. The molecule has 1 aliphatic heterocycles. The van der Waals surface area contributed by atoms with E-state index in [2.05, 4.69) is 10.2 Å². The van der Waals surface area contributed by atoms with Gasteiger partial charge in [-0.3, -0.25) is 4.79 Å². The summed E-state index contributed by atoms with van der Waals surface area (Å²) in [4.78, 5) is 16.6. The Kier molecular flexibility index (Phi) is 5.49. The lowest BCUT2D eigenvalue weighted by Crippen LogP contribution is -2.54. The van der Waals surface area contributed by atoms with Crippen LogP contribution in [0.15, 0.2) is 30.3 Å². The van der Waals surface area contributed by atoms with Crippen molar-refractivity contribution in [1.82, 2.24) is 15.1 Å². The van der Waals surface area contributed by atoms with E-state index in [9.17, 15) is 4.79 Å². The van der Waals surface area contributed by atoms with Crippen molar-refractivity contribution in [3.63, 3.8) is 0 Å². The summed E-state index contributed by atoms with van der Waals surface area (Å²) in [6.45, 7) is 3.11. The Morgan fingerprint density at radius 1 is 0.957 bits per heavy atom. The second kappa shape index (κ2) is 7.77. The second-order valence-electron chi connectivity index (χ2n) is 6.43. The molecule has 1 aromatic carbocycles. The number of amides is 1. The van der Waals surface area contributed by atoms with Crippen molar-refractivity contribution in [3.8, 4) is 0 Å². The first-order valence-electron chi connectivity index (χ1n) is 8.64. The Balaban J connectivity index is 1.48. The molecule has 1 saturated carbocycles. The lowest BCUT2D eigenvalue weighted by Gasteiger charge is -2.37. The minimum atomic E-state index is 0.122. The van der Waals surface area contributed by atoms with E-state index >= 15 is 0 Å². The van der Waals surface area contributed by atoms with E-state index in [1.165, 1.54) is 32.1 Å². The number of hydrogen-bond donors (Lipinski definition) is 1. The predicted octanol–water partition coefficient (Wildman–Crippen LogP) is 2.65. The molecule has 1 N–H and O–H groups in total. The zero-order chi connectivity index (χ0) is 16.1. The van der Waals surface area contributed by atoms with Crippen LogP contribution >= 0.6 is 12.2 Å². The van der Waals surface area contributed by atoms with Gasteiger partial charge in [0, 0.05) is 37.8 Å². The Morgan fingerprint density at radius 3 is 2.22 bits per heavy atom. The molecule has 2 aliphatic rings. The highest BCUT2D eigenvalue weighted by atomic mass is 32.1. The smallest absolute Gasteiger partial charge is 0.253 e. The Bertz CT molecular complexity index is 534. The lowest BCUT2D eigenvalue weighted by molar-refractivity contribution is 0.0690. The van der Waals surface area contributed by atoms with E-state index in [1.54, 1.807) is 0 Å². The molecule has 1 aromatic rings. The molecule has 23 heavy (non-hydrogen) atoms. The minimum Gasteiger partial charge on any atom is -0.360 e. The first-order valence-corrected chi connectivity index (χ1v) is 9.04. The molecule has 3 rings (SSSR count). The van der Waals surface area contributed by atoms with Gasteiger partial charge >= 0.3 is 0 Å². The number of carbonyl (C=O) groups is 1. The molecule has 1 amide bonds. The minimum absolute atomic E-state index is 0.122. The van der Waals surface area contributed by atoms with Crippen LogP contribution in [0.2, 0.25) is 0 Å². The Morgan fingerprint density at radius 2 is 1.57 bits per heavy atom. The van der Waals surface area contributed by atoms with E-state index in [1.807, 2.05) is 35.2 Å². The van der Waals surface area contributed by atoms with Gasteiger partial charge in [0.1, 0.15) is 0 Å². The van der Waals surface area contributed by atoms with Crippen LogP contribution in [0.4, 0.5) is 0 Å². The Hall–Kier alpha value is -1.62. The maximum absolute atomic E-state index is 12.5. The Labute approximate surface area is 143 Å². The molecule has 4 nitrogen and oxygen atoms in total. The van der Waals surface area contributed by atoms with Gasteiger partial charge in [-0.2, -0.15) is 0 Å². The average molecular weight is 331 g/mol. The van der Waals surface area contributed by atoms with E-state index in [0.717, 1.165) is 36.9 Å². The van der Waals surface area contributed by atoms with Crippen LogP contribution in [-0.4, -0.2) is 53.0 Å². The van der Waals surface area contributed by atoms with Crippen LogP contribution in [0.5, 0.6) is 0 Å². The summed E-state index contributed by atoms with van der Waals surface area (Å²) in [5.41, 5.74) is 0.767. The monoisotopic (exact) mass is 331 g/mol. The van der Waals surface area contributed by atoms with Crippen LogP contribution in [0, 0.1) is 0 Å². The van der Waals surface area contributed by atoms with Crippen LogP contribution in [-0.2, 0) is 0 Å². The number of piperazine rings is 1. The number of carbonyl (C=O) groups excluding carboxylic acids is 1. The van der Waals surface area contributed by atoms with Crippen molar-refractivity contribution in [2.24, 2.45) is 0 Å². The van der Waals surface area contributed by atoms with Crippen LogP contribution in [0.3, 0.4) is 0 Å². The molecule has 0 aromatic heterocycles. The standard InChI is InChI=1S/C18H25N3OS/c22-17(15-7-3-1-4-8-15)20-11-13-21(14-12-20)18(23)19-16-9-5-2-6-10-16/h1,3-4,7-8,16H,2,5-6,9-14H2,(H,19,23). The van der Waals surface area contributed by atoms with Gasteiger partial charge in [0.25, 0.3) is 5.91 Å². The molecule has 0 unspecified atom stereocenters. The van der Waals surface area contributed by atoms with E-state index < -0.39 is 0 Å². The van der Waals surface area contributed by atoms with Crippen molar-refractivity contribution >= 4 is 23.2 Å². The van der Waals surface area contributed by atoms with Gasteiger partial charge in [-0.15, -0.1) is 0 Å². The number of thiocarbonyl (C=S) groups is 1. The highest BCUT2D eigenvalue weighted by molar-refractivity contribution is 7.80. The fourth-order valence-corrected chi connectivity index (χ4v) is 3.74.